The summed E-state index contributed by atoms with van der Waals surface area (Å²) in [6.07, 6.45) is 1.37. The number of nitrogens with one attached hydrogen (secondary N) is 2. The van der Waals surface area contributed by atoms with Gasteiger partial charge in [0.1, 0.15) is 0 Å². The maximum Gasteiger partial charge on any atom is 0.278 e. The van der Waals surface area contributed by atoms with Crippen LogP contribution < -0.4 is 15.6 Å². The molecule has 2 N–H and O–H groups in total. The molecule has 0 radical (unpaired) electrons. The van der Waals surface area contributed by atoms with E-state index in [1.807, 2.05) is 36.9 Å². The van der Waals surface area contributed by atoms with Crippen molar-refractivity contribution in [3.05, 3.63) is 69.3 Å². The van der Waals surface area contributed by atoms with Gasteiger partial charge in [-0.05, 0) is 37.1 Å². The van der Waals surface area contributed by atoms with E-state index in [4.69, 9.17) is 4.74 Å². The molecule has 11 heteroatoms. The molecule has 4 rings (SSSR count). The molecule has 0 amide bonds. The van der Waals surface area contributed by atoms with E-state index in [0.717, 1.165) is 16.8 Å². The number of para-hydroxylation sites is 1. The van der Waals surface area contributed by atoms with Crippen LogP contribution in [-0.4, -0.2) is 52.4 Å². The molecule has 2 aromatic carbocycles. The minimum Gasteiger partial charge on any atom is -0.378 e. The summed E-state index contributed by atoms with van der Waals surface area (Å²) in [5, 5.41) is 18.6. The van der Waals surface area contributed by atoms with Crippen molar-refractivity contribution in [2.45, 2.75) is 13.8 Å². The predicted octanol–water partition coefficient (Wildman–Crippen LogP) is 3.42. The monoisotopic (exact) mass is 448 g/mol. The average Bonchev–Trinajstić information content (AvgIpc) is 2.82. The molecule has 1 fully saturated rings. The first-order valence-corrected chi connectivity index (χ1v) is 10.4. The summed E-state index contributed by atoms with van der Waals surface area (Å²) in [6, 6.07) is 12.4. The first-order valence-electron chi connectivity index (χ1n) is 10.4. The van der Waals surface area contributed by atoms with Crippen LogP contribution in [0.25, 0.3) is 0 Å². The normalized spacial score (nSPS) is 13.8. The number of hydrogen-bond donors (Lipinski definition) is 2. The Labute approximate surface area is 190 Å². The topological polar surface area (TPSA) is 131 Å². The molecule has 0 aliphatic carbocycles. The van der Waals surface area contributed by atoms with Crippen molar-refractivity contribution in [1.82, 2.24) is 15.0 Å². The second-order valence-electron chi connectivity index (χ2n) is 7.51. The minimum atomic E-state index is -0.451. The molecule has 1 aliphatic rings. The number of aromatic nitrogens is 3. The SMILES string of the molecule is Cc1ccc(C)c(Nc2nc(N/N=C\c3ccccc3[N+](=O)[O-])nc(N3CCOCC3)n2)c1. The van der Waals surface area contributed by atoms with E-state index in [2.05, 4.69) is 30.8 Å². The van der Waals surface area contributed by atoms with Gasteiger partial charge in [0.25, 0.3) is 5.69 Å². The zero-order valence-corrected chi connectivity index (χ0v) is 18.4. The lowest BCUT2D eigenvalue weighted by atomic mass is 10.1. The lowest BCUT2D eigenvalue weighted by Gasteiger charge is -2.27. The summed E-state index contributed by atoms with van der Waals surface area (Å²) in [4.78, 5) is 26.3. The van der Waals surface area contributed by atoms with E-state index >= 15 is 0 Å². The minimum absolute atomic E-state index is 0.0371. The van der Waals surface area contributed by atoms with Crippen molar-refractivity contribution < 1.29 is 9.66 Å². The molecule has 170 valence electrons. The van der Waals surface area contributed by atoms with Gasteiger partial charge in [0.2, 0.25) is 17.8 Å². The number of nitro groups is 1. The zero-order valence-electron chi connectivity index (χ0n) is 18.4. The molecular formula is C22H24N8O3. The Balaban J connectivity index is 1.61. The number of hydrogen-bond acceptors (Lipinski definition) is 10. The van der Waals surface area contributed by atoms with Gasteiger partial charge in [-0.1, -0.05) is 24.3 Å². The van der Waals surface area contributed by atoms with Crippen LogP contribution in [0.3, 0.4) is 0 Å². The van der Waals surface area contributed by atoms with Crippen LogP contribution in [0, 0.1) is 24.0 Å². The molecule has 0 bridgehead atoms. The van der Waals surface area contributed by atoms with Crippen LogP contribution in [0.4, 0.5) is 29.2 Å². The van der Waals surface area contributed by atoms with Gasteiger partial charge >= 0.3 is 0 Å². The molecule has 1 aliphatic heterocycles. The first kappa shape index (κ1) is 22.1. The largest absolute Gasteiger partial charge is 0.378 e. The molecule has 0 spiro atoms. The fraction of sp³-hybridized carbons (Fsp3) is 0.273. The summed E-state index contributed by atoms with van der Waals surface area (Å²) >= 11 is 0. The standard InChI is InChI=1S/C22H24N8O3/c1-15-7-8-16(2)18(13-15)24-20-25-21(27-22(26-20)29-9-11-33-12-10-29)28-23-14-17-5-3-4-6-19(17)30(31)32/h3-8,13-14H,9-12H2,1-2H3,(H2,24,25,26,27,28)/b23-14-. The van der Waals surface area contributed by atoms with Crippen molar-refractivity contribution in [3.63, 3.8) is 0 Å². The van der Waals surface area contributed by atoms with Gasteiger partial charge in [0, 0.05) is 24.8 Å². The fourth-order valence-corrected chi connectivity index (χ4v) is 3.29. The molecule has 2 heterocycles. The van der Waals surface area contributed by atoms with Crippen molar-refractivity contribution in [1.29, 1.82) is 0 Å². The van der Waals surface area contributed by atoms with Gasteiger partial charge in [0.15, 0.2) is 0 Å². The number of hydrazone groups is 1. The van der Waals surface area contributed by atoms with Crippen molar-refractivity contribution in [3.8, 4) is 0 Å². The Kier molecular flexibility index (Phi) is 6.69. The van der Waals surface area contributed by atoms with Crippen LogP contribution in [0.2, 0.25) is 0 Å². The Morgan fingerprint density at radius 2 is 1.85 bits per heavy atom. The van der Waals surface area contributed by atoms with Crippen LogP contribution in [0.5, 0.6) is 0 Å². The zero-order chi connectivity index (χ0) is 23.2. The molecule has 1 saturated heterocycles. The summed E-state index contributed by atoms with van der Waals surface area (Å²) < 4.78 is 5.43. The third-order valence-electron chi connectivity index (χ3n) is 5.06. The Bertz CT molecular complexity index is 1180. The average molecular weight is 448 g/mol. The molecule has 11 nitrogen and oxygen atoms in total. The van der Waals surface area contributed by atoms with Crippen molar-refractivity contribution in [2.75, 3.05) is 41.9 Å². The van der Waals surface area contributed by atoms with E-state index < -0.39 is 4.92 Å². The Morgan fingerprint density at radius 3 is 2.64 bits per heavy atom. The van der Waals surface area contributed by atoms with Crippen LogP contribution in [0.1, 0.15) is 16.7 Å². The summed E-state index contributed by atoms with van der Waals surface area (Å²) in [6.45, 7) is 6.51. The van der Waals surface area contributed by atoms with E-state index in [0.29, 0.717) is 43.8 Å². The second-order valence-corrected chi connectivity index (χ2v) is 7.51. The summed E-state index contributed by atoms with van der Waals surface area (Å²) in [5.74, 6) is 1.07. The third kappa shape index (κ3) is 5.57. The number of anilines is 4. The molecule has 0 unspecified atom stereocenters. The number of rotatable bonds is 7. The Morgan fingerprint density at radius 1 is 1.09 bits per heavy atom. The quantitative estimate of drug-likeness (QED) is 0.317. The Hall–Kier alpha value is -4.12. The van der Waals surface area contributed by atoms with Gasteiger partial charge in [-0.25, -0.2) is 5.43 Å². The molecular weight excluding hydrogens is 424 g/mol. The van der Waals surface area contributed by atoms with E-state index in [-0.39, 0.29) is 11.6 Å². The molecule has 33 heavy (non-hydrogen) atoms. The first-order chi connectivity index (χ1) is 16.0. The van der Waals surface area contributed by atoms with E-state index in [1.54, 1.807) is 18.2 Å². The van der Waals surface area contributed by atoms with Gasteiger partial charge in [0.05, 0.1) is 29.9 Å². The maximum atomic E-state index is 11.2. The number of benzene rings is 2. The highest BCUT2D eigenvalue weighted by Gasteiger charge is 2.17. The van der Waals surface area contributed by atoms with E-state index in [1.165, 1.54) is 12.3 Å². The van der Waals surface area contributed by atoms with Gasteiger partial charge < -0.3 is 15.0 Å². The number of nitro benzene ring substituents is 1. The second kappa shape index (κ2) is 10.0. The number of aryl methyl sites for hydroxylation is 2. The van der Waals surface area contributed by atoms with Crippen LogP contribution >= 0.6 is 0 Å². The number of nitrogens with zero attached hydrogens (tertiary/aromatic N) is 6. The fourth-order valence-electron chi connectivity index (χ4n) is 3.29. The number of ether oxygens (including phenoxy) is 1. The highest BCUT2D eigenvalue weighted by molar-refractivity contribution is 5.85. The highest BCUT2D eigenvalue weighted by Crippen LogP contribution is 2.22. The third-order valence-corrected chi connectivity index (χ3v) is 5.06. The molecule has 1 aromatic heterocycles. The smallest absolute Gasteiger partial charge is 0.278 e. The van der Waals surface area contributed by atoms with Gasteiger partial charge in [-0.2, -0.15) is 20.1 Å². The van der Waals surface area contributed by atoms with Crippen LogP contribution in [0.15, 0.2) is 47.6 Å². The van der Waals surface area contributed by atoms with E-state index in [9.17, 15) is 10.1 Å². The van der Waals surface area contributed by atoms with Crippen molar-refractivity contribution in [2.24, 2.45) is 5.10 Å². The number of morpholine rings is 1. The predicted molar refractivity (Wildman–Crippen MR) is 126 cm³/mol. The lowest BCUT2D eigenvalue weighted by Crippen LogP contribution is -2.37. The molecule has 3 aromatic rings. The van der Waals surface area contributed by atoms with Crippen LogP contribution in [-0.2, 0) is 4.74 Å². The van der Waals surface area contributed by atoms with Gasteiger partial charge in [-0.3, -0.25) is 10.1 Å². The van der Waals surface area contributed by atoms with Gasteiger partial charge in [-0.15, -0.1) is 0 Å². The highest BCUT2D eigenvalue weighted by atomic mass is 16.6. The summed E-state index contributed by atoms with van der Waals surface area (Å²) in [7, 11) is 0. The molecule has 0 atom stereocenters. The lowest BCUT2D eigenvalue weighted by molar-refractivity contribution is -0.385. The van der Waals surface area contributed by atoms with Crippen molar-refractivity contribution >= 4 is 35.4 Å². The molecule has 0 saturated carbocycles. The maximum absolute atomic E-state index is 11.2. The summed E-state index contributed by atoms with van der Waals surface area (Å²) in [5.41, 5.74) is 6.16.